The van der Waals surface area contributed by atoms with Crippen molar-refractivity contribution < 1.29 is 9.53 Å². The first-order chi connectivity index (χ1) is 11.1. The normalized spacial score (nSPS) is 10.0. The lowest BCUT2D eigenvalue weighted by Crippen LogP contribution is -2.21. The number of benzene rings is 2. The number of ether oxygens (including phenoxy) is 1. The second-order valence-electron chi connectivity index (χ2n) is 4.99. The summed E-state index contributed by atoms with van der Waals surface area (Å²) in [4.78, 5) is 12.0. The maximum absolute atomic E-state index is 12.0. The molecule has 4 nitrogen and oxygen atoms in total. The SMILES string of the molecule is C=CCOc1cccc(NC(=O)CNc2ccc(C)c(Cl)c2)c1. The summed E-state index contributed by atoms with van der Waals surface area (Å²) in [6, 6.07) is 12.8. The van der Waals surface area contributed by atoms with Crippen LogP contribution in [-0.4, -0.2) is 19.1 Å². The number of hydrogen-bond donors (Lipinski definition) is 2. The van der Waals surface area contributed by atoms with Gasteiger partial charge in [-0.2, -0.15) is 0 Å². The van der Waals surface area contributed by atoms with Gasteiger partial charge in [0.15, 0.2) is 0 Å². The van der Waals surface area contributed by atoms with Gasteiger partial charge in [-0.3, -0.25) is 4.79 Å². The molecular formula is C18H19ClN2O2. The maximum atomic E-state index is 12.0. The molecule has 2 N–H and O–H groups in total. The Bertz CT molecular complexity index is 701. The first-order valence-corrected chi connectivity index (χ1v) is 7.60. The average molecular weight is 331 g/mol. The van der Waals surface area contributed by atoms with E-state index in [9.17, 15) is 4.79 Å². The summed E-state index contributed by atoms with van der Waals surface area (Å²) in [5.74, 6) is 0.531. The number of halogens is 1. The molecule has 0 radical (unpaired) electrons. The molecule has 0 atom stereocenters. The molecule has 0 unspecified atom stereocenters. The Morgan fingerprint density at radius 1 is 1.26 bits per heavy atom. The molecule has 0 saturated carbocycles. The molecule has 1 amide bonds. The Hall–Kier alpha value is -2.46. The molecule has 2 aromatic rings. The van der Waals surface area contributed by atoms with Crippen molar-refractivity contribution in [2.24, 2.45) is 0 Å². The van der Waals surface area contributed by atoms with Crippen molar-refractivity contribution >= 4 is 28.9 Å². The number of amides is 1. The monoisotopic (exact) mass is 330 g/mol. The van der Waals surface area contributed by atoms with Gasteiger partial charge >= 0.3 is 0 Å². The summed E-state index contributed by atoms with van der Waals surface area (Å²) in [5, 5.41) is 6.52. The number of aryl methyl sites for hydroxylation is 1. The Morgan fingerprint density at radius 2 is 2.09 bits per heavy atom. The van der Waals surface area contributed by atoms with Crippen molar-refractivity contribution in [3.05, 3.63) is 65.7 Å². The zero-order valence-electron chi connectivity index (χ0n) is 12.9. The van der Waals surface area contributed by atoms with Gasteiger partial charge in [0.1, 0.15) is 12.4 Å². The van der Waals surface area contributed by atoms with Gasteiger partial charge in [0, 0.05) is 22.5 Å². The summed E-state index contributed by atoms with van der Waals surface area (Å²) in [7, 11) is 0. The molecule has 0 saturated heterocycles. The molecule has 0 aliphatic heterocycles. The standard InChI is InChI=1S/C18H19ClN2O2/c1-3-9-23-16-6-4-5-15(10-16)21-18(22)12-20-14-8-7-13(2)17(19)11-14/h3-8,10-11,20H,1,9,12H2,2H3,(H,21,22). The van der Waals surface area contributed by atoms with Crippen molar-refractivity contribution in [2.45, 2.75) is 6.92 Å². The van der Waals surface area contributed by atoms with E-state index in [0.29, 0.717) is 23.1 Å². The number of rotatable bonds is 7. The molecule has 0 heterocycles. The van der Waals surface area contributed by atoms with E-state index in [1.165, 1.54) is 0 Å². The zero-order valence-corrected chi connectivity index (χ0v) is 13.7. The summed E-state index contributed by atoms with van der Waals surface area (Å²) >= 11 is 6.06. The fourth-order valence-corrected chi connectivity index (χ4v) is 2.09. The summed E-state index contributed by atoms with van der Waals surface area (Å²) < 4.78 is 5.43. The number of anilines is 2. The highest BCUT2D eigenvalue weighted by Gasteiger charge is 2.04. The van der Waals surface area contributed by atoms with Crippen LogP contribution in [0.3, 0.4) is 0 Å². The molecular weight excluding hydrogens is 312 g/mol. The number of carbonyl (C=O) groups excluding carboxylic acids is 1. The van der Waals surface area contributed by atoms with E-state index in [1.807, 2.05) is 31.2 Å². The molecule has 120 valence electrons. The Kier molecular flexibility index (Phi) is 6.06. The second-order valence-corrected chi connectivity index (χ2v) is 5.40. The Labute approximate surface area is 141 Å². The summed E-state index contributed by atoms with van der Waals surface area (Å²) in [5.41, 5.74) is 2.48. The van der Waals surface area contributed by atoms with Crippen LogP contribution in [0.2, 0.25) is 5.02 Å². The van der Waals surface area contributed by atoms with E-state index < -0.39 is 0 Å². The Balaban J connectivity index is 1.89. The smallest absolute Gasteiger partial charge is 0.243 e. The van der Waals surface area contributed by atoms with Crippen LogP contribution in [0.15, 0.2) is 55.1 Å². The van der Waals surface area contributed by atoms with Crippen molar-refractivity contribution in [1.82, 2.24) is 0 Å². The molecule has 0 aliphatic rings. The predicted molar refractivity (Wildman–Crippen MR) is 95.4 cm³/mol. The van der Waals surface area contributed by atoms with E-state index in [1.54, 1.807) is 24.3 Å². The van der Waals surface area contributed by atoms with E-state index in [4.69, 9.17) is 16.3 Å². The molecule has 0 spiro atoms. The summed E-state index contributed by atoms with van der Waals surface area (Å²) in [6.45, 7) is 6.10. The van der Waals surface area contributed by atoms with Gasteiger partial charge in [0.2, 0.25) is 5.91 Å². The van der Waals surface area contributed by atoms with E-state index in [2.05, 4.69) is 17.2 Å². The van der Waals surface area contributed by atoms with Gasteiger partial charge in [-0.05, 0) is 36.8 Å². The van der Waals surface area contributed by atoms with Crippen LogP contribution in [0, 0.1) is 6.92 Å². The van der Waals surface area contributed by atoms with Crippen LogP contribution in [0.1, 0.15) is 5.56 Å². The molecule has 5 heteroatoms. The fraction of sp³-hybridized carbons (Fsp3) is 0.167. The second kappa shape index (κ2) is 8.25. The van der Waals surface area contributed by atoms with Crippen molar-refractivity contribution in [1.29, 1.82) is 0 Å². The Morgan fingerprint density at radius 3 is 2.83 bits per heavy atom. The quantitative estimate of drug-likeness (QED) is 0.746. The van der Waals surface area contributed by atoms with E-state index >= 15 is 0 Å². The van der Waals surface area contributed by atoms with E-state index in [-0.39, 0.29) is 12.5 Å². The highest BCUT2D eigenvalue weighted by molar-refractivity contribution is 6.31. The fourth-order valence-electron chi connectivity index (χ4n) is 1.91. The van der Waals surface area contributed by atoms with Crippen molar-refractivity contribution in [2.75, 3.05) is 23.8 Å². The third-order valence-electron chi connectivity index (χ3n) is 3.11. The zero-order chi connectivity index (χ0) is 16.7. The topological polar surface area (TPSA) is 50.4 Å². The lowest BCUT2D eigenvalue weighted by atomic mass is 10.2. The maximum Gasteiger partial charge on any atom is 0.243 e. The van der Waals surface area contributed by atoms with Crippen LogP contribution >= 0.6 is 11.6 Å². The third kappa shape index (κ3) is 5.34. The largest absolute Gasteiger partial charge is 0.489 e. The predicted octanol–water partition coefficient (Wildman–Crippen LogP) is 4.26. The van der Waals surface area contributed by atoms with Crippen LogP contribution in [0.25, 0.3) is 0 Å². The number of nitrogens with one attached hydrogen (secondary N) is 2. The third-order valence-corrected chi connectivity index (χ3v) is 3.52. The van der Waals surface area contributed by atoms with Crippen molar-refractivity contribution in [3.8, 4) is 5.75 Å². The summed E-state index contributed by atoms with van der Waals surface area (Å²) in [6.07, 6.45) is 1.67. The molecule has 2 rings (SSSR count). The van der Waals surface area contributed by atoms with Crippen LogP contribution < -0.4 is 15.4 Å². The first kappa shape index (κ1) is 16.9. The molecule has 2 aromatic carbocycles. The molecule has 0 fully saturated rings. The van der Waals surface area contributed by atoms with Crippen LogP contribution in [0.4, 0.5) is 11.4 Å². The molecule has 0 bridgehead atoms. The lowest BCUT2D eigenvalue weighted by Gasteiger charge is -2.10. The van der Waals surface area contributed by atoms with Gasteiger partial charge < -0.3 is 15.4 Å². The van der Waals surface area contributed by atoms with Gasteiger partial charge in [-0.1, -0.05) is 36.4 Å². The lowest BCUT2D eigenvalue weighted by molar-refractivity contribution is -0.114. The molecule has 23 heavy (non-hydrogen) atoms. The number of hydrogen-bond acceptors (Lipinski definition) is 3. The van der Waals surface area contributed by atoms with E-state index in [0.717, 1.165) is 11.3 Å². The number of carbonyl (C=O) groups is 1. The van der Waals surface area contributed by atoms with Gasteiger partial charge in [0.05, 0.1) is 6.54 Å². The minimum atomic E-state index is -0.150. The molecule has 0 aliphatic carbocycles. The highest BCUT2D eigenvalue weighted by atomic mass is 35.5. The average Bonchev–Trinajstić information content (AvgIpc) is 2.54. The van der Waals surface area contributed by atoms with Crippen LogP contribution in [0.5, 0.6) is 5.75 Å². The van der Waals surface area contributed by atoms with Gasteiger partial charge in [-0.15, -0.1) is 0 Å². The van der Waals surface area contributed by atoms with Gasteiger partial charge in [-0.25, -0.2) is 0 Å². The molecule has 0 aromatic heterocycles. The highest BCUT2D eigenvalue weighted by Crippen LogP contribution is 2.20. The minimum Gasteiger partial charge on any atom is -0.489 e. The van der Waals surface area contributed by atoms with Crippen molar-refractivity contribution in [3.63, 3.8) is 0 Å². The van der Waals surface area contributed by atoms with Gasteiger partial charge in [0.25, 0.3) is 0 Å². The van der Waals surface area contributed by atoms with Crippen LogP contribution in [-0.2, 0) is 4.79 Å². The first-order valence-electron chi connectivity index (χ1n) is 7.22. The minimum absolute atomic E-state index is 0.150.